The van der Waals surface area contributed by atoms with Gasteiger partial charge in [0.15, 0.2) is 6.61 Å². The topological polar surface area (TPSA) is 55.2 Å². The summed E-state index contributed by atoms with van der Waals surface area (Å²) in [4.78, 5) is 7.83. The second kappa shape index (κ2) is 5.49. The van der Waals surface area contributed by atoms with Crippen molar-refractivity contribution in [1.82, 2.24) is 9.97 Å². The molecule has 0 spiro atoms. The lowest BCUT2D eigenvalue weighted by atomic mass is 9.89. The molecule has 0 saturated heterocycles. The lowest BCUT2D eigenvalue weighted by Crippen LogP contribution is -2.25. The van der Waals surface area contributed by atoms with Gasteiger partial charge in [-0.05, 0) is 37.1 Å². The fourth-order valence-electron chi connectivity index (χ4n) is 2.62. The number of ether oxygens (including phenoxy) is 1. The van der Waals surface area contributed by atoms with Gasteiger partial charge in [0, 0.05) is 18.0 Å². The molecule has 1 aliphatic carbocycles. The first kappa shape index (κ1) is 16.3. The van der Waals surface area contributed by atoms with E-state index >= 15 is 0 Å². The van der Waals surface area contributed by atoms with Crippen molar-refractivity contribution < 1.29 is 23.0 Å². The number of nitrogens with zero attached hydrogens (tertiary/aromatic N) is 2. The Hall–Kier alpha value is -1.60. The van der Waals surface area contributed by atoms with E-state index in [0.717, 1.165) is 12.8 Å². The van der Waals surface area contributed by atoms with E-state index in [9.17, 15) is 18.3 Å². The molecule has 1 aliphatic rings. The predicted octanol–water partition coefficient (Wildman–Crippen LogP) is 3.84. The zero-order valence-corrected chi connectivity index (χ0v) is 12.9. The fourth-order valence-corrected chi connectivity index (χ4v) is 2.78. The van der Waals surface area contributed by atoms with Crippen LogP contribution in [-0.2, 0) is 5.60 Å². The first-order chi connectivity index (χ1) is 10.7. The molecule has 2 aromatic rings. The zero-order valence-electron chi connectivity index (χ0n) is 12.2. The number of hydrogen-bond donors (Lipinski definition) is 1. The highest BCUT2D eigenvalue weighted by molar-refractivity contribution is 6.30. The van der Waals surface area contributed by atoms with Crippen LogP contribution in [-0.4, -0.2) is 27.9 Å². The predicted molar refractivity (Wildman–Crippen MR) is 78.4 cm³/mol. The Morgan fingerprint density at radius 1 is 1.26 bits per heavy atom. The minimum absolute atomic E-state index is 0.0985. The standard InChI is InChI=1S/C15H14ClF3N2O2/c1-14(22,8-2-3-8)11-6-21-13(23-7-15(17,18)19)10-5-20-12(16)4-9(10)11/h4-6,8,22H,2-3,7H2,1H3/t14-/m1/s1. The van der Waals surface area contributed by atoms with Crippen LogP contribution in [0.15, 0.2) is 18.5 Å². The molecule has 0 amide bonds. The van der Waals surface area contributed by atoms with Gasteiger partial charge in [0.2, 0.25) is 5.88 Å². The lowest BCUT2D eigenvalue weighted by Gasteiger charge is -2.25. The normalized spacial score (nSPS) is 18.0. The van der Waals surface area contributed by atoms with E-state index in [1.807, 2.05) is 0 Å². The average Bonchev–Trinajstić information content (AvgIpc) is 3.28. The summed E-state index contributed by atoms with van der Waals surface area (Å²) in [6.45, 7) is 0.224. The highest BCUT2D eigenvalue weighted by Gasteiger charge is 2.42. The third-order valence-corrected chi connectivity index (χ3v) is 4.20. The van der Waals surface area contributed by atoms with Crippen molar-refractivity contribution in [2.45, 2.75) is 31.5 Å². The van der Waals surface area contributed by atoms with Crippen LogP contribution in [0.25, 0.3) is 10.8 Å². The molecule has 124 valence electrons. The Bertz CT molecular complexity index is 745. The van der Waals surface area contributed by atoms with Gasteiger partial charge in [0.1, 0.15) is 5.15 Å². The molecule has 0 bridgehead atoms. The van der Waals surface area contributed by atoms with Crippen LogP contribution in [0, 0.1) is 5.92 Å². The number of rotatable bonds is 4. The molecule has 1 saturated carbocycles. The maximum atomic E-state index is 12.4. The zero-order chi connectivity index (χ0) is 16.8. The molecular formula is C15H14ClF3N2O2. The summed E-state index contributed by atoms with van der Waals surface area (Å²) in [7, 11) is 0. The largest absolute Gasteiger partial charge is 0.468 e. The van der Waals surface area contributed by atoms with Gasteiger partial charge >= 0.3 is 6.18 Å². The van der Waals surface area contributed by atoms with Gasteiger partial charge in [0.05, 0.1) is 11.0 Å². The van der Waals surface area contributed by atoms with Gasteiger partial charge in [-0.15, -0.1) is 0 Å². The third kappa shape index (κ3) is 3.35. The van der Waals surface area contributed by atoms with E-state index < -0.39 is 18.4 Å². The van der Waals surface area contributed by atoms with Crippen molar-refractivity contribution >= 4 is 22.4 Å². The maximum Gasteiger partial charge on any atom is 0.422 e. The van der Waals surface area contributed by atoms with Crippen molar-refractivity contribution in [3.63, 3.8) is 0 Å². The van der Waals surface area contributed by atoms with Gasteiger partial charge in [0.25, 0.3) is 0 Å². The highest BCUT2D eigenvalue weighted by atomic mass is 35.5. The van der Waals surface area contributed by atoms with Crippen molar-refractivity contribution in [2.24, 2.45) is 5.92 Å². The van der Waals surface area contributed by atoms with E-state index in [-0.39, 0.29) is 22.3 Å². The number of aromatic nitrogens is 2. The third-order valence-electron chi connectivity index (χ3n) is 3.99. The second-order valence-electron chi connectivity index (χ2n) is 5.86. The molecule has 0 aliphatic heterocycles. The first-order valence-electron chi connectivity index (χ1n) is 7.05. The molecule has 0 aromatic carbocycles. The van der Waals surface area contributed by atoms with E-state index in [1.54, 1.807) is 6.92 Å². The van der Waals surface area contributed by atoms with Crippen LogP contribution in [0.4, 0.5) is 13.2 Å². The first-order valence-corrected chi connectivity index (χ1v) is 7.43. The monoisotopic (exact) mass is 346 g/mol. The molecule has 0 radical (unpaired) electrons. The lowest BCUT2D eigenvalue weighted by molar-refractivity contribution is -0.153. The molecule has 0 unspecified atom stereocenters. The molecule has 8 heteroatoms. The summed E-state index contributed by atoms with van der Waals surface area (Å²) >= 11 is 5.90. The number of alkyl halides is 3. The summed E-state index contributed by atoms with van der Waals surface area (Å²) in [5.41, 5.74) is -0.614. The van der Waals surface area contributed by atoms with Crippen LogP contribution in [0.1, 0.15) is 25.3 Å². The van der Waals surface area contributed by atoms with Crippen LogP contribution in [0.2, 0.25) is 5.15 Å². The second-order valence-corrected chi connectivity index (χ2v) is 6.24. The number of aliphatic hydroxyl groups is 1. The molecule has 1 fully saturated rings. The van der Waals surface area contributed by atoms with Crippen molar-refractivity contribution in [1.29, 1.82) is 0 Å². The molecule has 1 atom stereocenters. The van der Waals surface area contributed by atoms with Gasteiger partial charge in [-0.2, -0.15) is 13.2 Å². The Labute approximate surface area is 135 Å². The molecule has 23 heavy (non-hydrogen) atoms. The fraction of sp³-hybridized carbons (Fsp3) is 0.467. The van der Waals surface area contributed by atoms with Crippen LogP contribution >= 0.6 is 11.6 Å². The Kier molecular flexibility index (Phi) is 3.88. The minimum atomic E-state index is -4.47. The van der Waals surface area contributed by atoms with Gasteiger partial charge in [-0.1, -0.05) is 11.6 Å². The number of pyridine rings is 2. The summed E-state index contributed by atoms with van der Waals surface area (Å²) < 4.78 is 41.8. The minimum Gasteiger partial charge on any atom is -0.468 e. The number of hydrogen-bond acceptors (Lipinski definition) is 4. The summed E-state index contributed by atoms with van der Waals surface area (Å²) in [6, 6.07) is 1.51. The van der Waals surface area contributed by atoms with E-state index in [2.05, 4.69) is 9.97 Å². The van der Waals surface area contributed by atoms with Crippen molar-refractivity contribution in [3.05, 3.63) is 29.2 Å². The maximum absolute atomic E-state index is 12.4. The molecule has 2 heterocycles. The molecule has 3 rings (SSSR count). The van der Waals surface area contributed by atoms with E-state index in [1.165, 1.54) is 18.5 Å². The smallest absolute Gasteiger partial charge is 0.422 e. The molecule has 2 aromatic heterocycles. The molecular weight excluding hydrogens is 333 g/mol. The highest BCUT2D eigenvalue weighted by Crippen LogP contribution is 2.47. The molecule has 4 nitrogen and oxygen atoms in total. The molecule has 1 N–H and O–H groups in total. The average molecular weight is 347 g/mol. The van der Waals surface area contributed by atoms with Gasteiger partial charge in [-0.25, -0.2) is 9.97 Å². The van der Waals surface area contributed by atoms with Crippen LogP contribution in [0.3, 0.4) is 0 Å². The van der Waals surface area contributed by atoms with E-state index in [0.29, 0.717) is 10.9 Å². The van der Waals surface area contributed by atoms with E-state index in [4.69, 9.17) is 16.3 Å². The summed E-state index contributed by atoms with van der Waals surface area (Å²) in [6.07, 6.45) is -0.0309. The van der Waals surface area contributed by atoms with Gasteiger partial charge in [-0.3, -0.25) is 0 Å². The van der Waals surface area contributed by atoms with Crippen molar-refractivity contribution in [2.75, 3.05) is 6.61 Å². The Morgan fingerprint density at radius 2 is 1.96 bits per heavy atom. The van der Waals surface area contributed by atoms with Crippen LogP contribution < -0.4 is 4.74 Å². The van der Waals surface area contributed by atoms with Gasteiger partial charge < -0.3 is 9.84 Å². The Morgan fingerprint density at radius 3 is 2.57 bits per heavy atom. The quantitative estimate of drug-likeness (QED) is 0.855. The summed E-state index contributed by atoms with van der Waals surface area (Å²) in [5, 5.41) is 11.7. The van der Waals surface area contributed by atoms with Crippen molar-refractivity contribution in [3.8, 4) is 5.88 Å². The SMILES string of the molecule is C[C@](O)(c1cnc(OCC(F)(F)F)c2cnc(Cl)cc12)C1CC1. The number of fused-ring (bicyclic) bond motifs is 1. The Balaban J connectivity index is 2.08. The van der Waals surface area contributed by atoms with Crippen LogP contribution in [0.5, 0.6) is 5.88 Å². The summed E-state index contributed by atoms with van der Waals surface area (Å²) in [5.74, 6) is -0.0850. The number of halogens is 4.